The summed E-state index contributed by atoms with van der Waals surface area (Å²) in [6, 6.07) is 1.54. The molecule has 0 unspecified atom stereocenters. The summed E-state index contributed by atoms with van der Waals surface area (Å²) in [4.78, 5) is 28.6. The summed E-state index contributed by atoms with van der Waals surface area (Å²) in [5.74, 6) is -0.588. The number of likely N-dealkylation sites (tertiary alicyclic amines) is 1. The number of carbonyl (C=O) groups excluding carboxylic acids is 2. The van der Waals surface area contributed by atoms with Crippen molar-refractivity contribution >= 4 is 29.3 Å². The van der Waals surface area contributed by atoms with Crippen LogP contribution in [-0.4, -0.2) is 46.6 Å². The molecule has 1 aromatic rings. The van der Waals surface area contributed by atoms with Crippen LogP contribution in [0.5, 0.6) is 0 Å². The molecule has 0 aliphatic carbocycles. The zero-order valence-corrected chi connectivity index (χ0v) is 13.5. The van der Waals surface area contributed by atoms with E-state index >= 15 is 0 Å². The molecule has 8 heteroatoms. The van der Waals surface area contributed by atoms with Crippen molar-refractivity contribution in [2.75, 3.05) is 18.4 Å². The predicted molar refractivity (Wildman–Crippen MR) is 83.0 cm³/mol. The first-order valence-corrected chi connectivity index (χ1v) is 7.23. The zero-order chi connectivity index (χ0) is 16.5. The minimum absolute atomic E-state index is 0.00378. The number of amides is 2. The summed E-state index contributed by atoms with van der Waals surface area (Å²) in [7, 11) is 0. The van der Waals surface area contributed by atoms with Gasteiger partial charge in [-0.25, -0.2) is 9.78 Å². The first-order valence-electron chi connectivity index (χ1n) is 6.85. The SMILES string of the molecule is CC(C)(C)OC(=O)N1CC(Nc2cc(Cl)ncc2C(N)=O)C1. The lowest BCUT2D eigenvalue weighted by molar-refractivity contribution is 0.0105. The van der Waals surface area contributed by atoms with Crippen LogP contribution < -0.4 is 11.1 Å². The van der Waals surface area contributed by atoms with Crippen molar-refractivity contribution in [2.24, 2.45) is 5.73 Å². The summed E-state index contributed by atoms with van der Waals surface area (Å²) < 4.78 is 5.28. The van der Waals surface area contributed by atoms with Crippen LogP contribution in [0.3, 0.4) is 0 Å². The second-order valence-corrected chi connectivity index (χ2v) is 6.53. The van der Waals surface area contributed by atoms with Gasteiger partial charge in [-0.1, -0.05) is 11.6 Å². The molecule has 0 atom stereocenters. The molecule has 1 saturated heterocycles. The highest BCUT2D eigenvalue weighted by Gasteiger charge is 2.34. The number of nitrogens with one attached hydrogen (secondary N) is 1. The van der Waals surface area contributed by atoms with E-state index in [2.05, 4.69) is 10.3 Å². The van der Waals surface area contributed by atoms with Crippen LogP contribution in [0.4, 0.5) is 10.5 Å². The van der Waals surface area contributed by atoms with Crippen LogP contribution in [0.15, 0.2) is 12.3 Å². The largest absolute Gasteiger partial charge is 0.444 e. The fraction of sp³-hybridized carbons (Fsp3) is 0.500. The highest BCUT2D eigenvalue weighted by molar-refractivity contribution is 6.29. The van der Waals surface area contributed by atoms with Crippen LogP contribution >= 0.6 is 11.6 Å². The van der Waals surface area contributed by atoms with Crippen molar-refractivity contribution in [1.29, 1.82) is 0 Å². The fourth-order valence-electron chi connectivity index (χ4n) is 2.01. The number of ether oxygens (including phenoxy) is 1. The molecule has 2 amide bonds. The number of nitrogens with two attached hydrogens (primary N) is 1. The van der Waals surface area contributed by atoms with Gasteiger partial charge in [0.15, 0.2) is 0 Å². The Hall–Kier alpha value is -2.02. The van der Waals surface area contributed by atoms with Gasteiger partial charge in [-0.15, -0.1) is 0 Å². The third-order valence-corrected chi connectivity index (χ3v) is 3.24. The first kappa shape index (κ1) is 16.4. The fourth-order valence-corrected chi connectivity index (χ4v) is 2.17. The van der Waals surface area contributed by atoms with Gasteiger partial charge in [0.2, 0.25) is 0 Å². The minimum Gasteiger partial charge on any atom is -0.444 e. The molecule has 120 valence electrons. The van der Waals surface area contributed by atoms with Crippen molar-refractivity contribution in [1.82, 2.24) is 9.88 Å². The van der Waals surface area contributed by atoms with E-state index in [9.17, 15) is 9.59 Å². The Labute approximate surface area is 133 Å². The summed E-state index contributed by atoms with van der Waals surface area (Å²) >= 11 is 5.83. The van der Waals surface area contributed by atoms with Gasteiger partial charge in [0.25, 0.3) is 5.91 Å². The summed E-state index contributed by atoms with van der Waals surface area (Å²) in [5, 5.41) is 3.40. The molecule has 0 bridgehead atoms. The molecule has 22 heavy (non-hydrogen) atoms. The van der Waals surface area contributed by atoms with Crippen molar-refractivity contribution in [2.45, 2.75) is 32.4 Å². The van der Waals surface area contributed by atoms with Gasteiger partial charge in [0, 0.05) is 19.3 Å². The zero-order valence-electron chi connectivity index (χ0n) is 12.7. The topological polar surface area (TPSA) is 97.6 Å². The van der Waals surface area contributed by atoms with Gasteiger partial charge in [0.05, 0.1) is 17.3 Å². The van der Waals surface area contributed by atoms with Crippen molar-refractivity contribution in [3.8, 4) is 0 Å². The van der Waals surface area contributed by atoms with Gasteiger partial charge < -0.3 is 20.7 Å². The van der Waals surface area contributed by atoms with Crippen molar-refractivity contribution in [3.05, 3.63) is 23.0 Å². The van der Waals surface area contributed by atoms with E-state index in [4.69, 9.17) is 22.1 Å². The molecule has 7 nitrogen and oxygen atoms in total. The normalized spacial score (nSPS) is 15.2. The lowest BCUT2D eigenvalue weighted by Gasteiger charge is -2.40. The molecular weight excluding hydrogens is 308 g/mol. The van der Waals surface area contributed by atoms with Gasteiger partial charge in [-0.05, 0) is 26.8 Å². The summed E-state index contributed by atoms with van der Waals surface area (Å²) in [6.45, 7) is 6.41. The van der Waals surface area contributed by atoms with Crippen LogP contribution in [-0.2, 0) is 4.74 Å². The molecule has 1 fully saturated rings. The Balaban J connectivity index is 1.94. The Morgan fingerprint density at radius 2 is 2.09 bits per heavy atom. The van der Waals surface area contributed by atoms with Gasteiger partial charge >= 0.3 is 6.09 Å². The number of aromatic nitrogens is 1. The number of anilines is 1. The first-order chi connectivity index (χ1) is 10.2. The molecule has 0 radical (unpaired) electrons. The van der Waals surface area contributed by atoms with Crippen LogP contribution in [0.1, 0.15) is 31.1 Å². The second-order valence-electron chi connectivity index (χ2n) is 6.14. The third kappa shape index (κ3) is 4.00. The smallest absolute Gasteiger partial charge is 0.410 e. The van der Waals surface area contributed by atoms with Crippen molar-refractivity contribution < 1.29 is 14.3 Å². The number of carbonyl (C=O) groups is 2. The number of rotatable bonds is 3. The molecule has 0 spiro atoms. The molecule has 2 rings (SSSR count). The van der Waals surface area contributed by atoms with E-state index in [1.54, 1.807) is 4.90 Å². The maximum Gasteiger partial charge on any atom is 0.410 e. The molecule has 3 N–H and O–H groups in total. The minimum atomic E-state index is -0.588. The molecule has 1 aliphatic rings. The lowest BCUT2D eigenvalue weighted by Crippen LogP contribution is -2.58. The van der Waals surface area contributed by atoms with Gasteiger partial charge in [-0.2, -0.15) is 0 Å². The van der Waals surface area contributed by atoms with Gasteiger partial charge in [-0.3, -0.25) is 4.79 Å². The number of primary amides is 1. The lowest BCUT2D eigenvalue weighted by atomic mass is 10.1. The average molecular weight is 327 g/mol. The van der Waals surface area contributed by atoms with Crippen molar-refractivity contribution in [3.63, 3.8) is 0 Å². The highest BCUT2D eigenvalue weighted by Crippen LogP contribution is 2.23. The van der Waals surface area contributed by atoms with E-state index in [0.29, 0.717) is 18.8 Å². The Bertz CT molecular complexity index is 594. The van der Waals surface area contributed by atoms with Gasteiger partial charge in [0.1, 0.15) is 10.8 Å². The summed E-state index contributed by atoms with van der Waals surface area (Å²) in [6.07, 6.45) is 0.977. The summed E-state index contributed by atoms with van der Waals surface area (Å²) in [5.41, 5.74) is 5.56. The molecule has 2 heterocycles. The maximum absolute atomic E-state index is 11.8. The van der Waals surface area contributed by atoms with E-state index in [1.807, 2.05) is 20.8 Å². The number of hydrogen-bond donors (Lipinski definition) is 2. The Morgan fingerprint density at radius 1 is 1.45 bits per heavy atom. The monoisotopic (exact) mass is 326 g/mol. The Morgan fingerprint density at radius 3 is 2.64 bits per heavy atom. The van der Waals surface area contributed by atoms with Crippen LogP contribution in [0, 0.1) is 0 Å². The van der Waals surface area contributed by atoms with E-state index in [0.717, 1.165) is 0 Å². The molecular formula is C14H19ClN4O3. The molecule has 0 aromatic carbocycles. The quantitative estimate of drug-likeness (QED) is 0.826. The predicted octanol–water partition coefficient (Wildman–Crippen LogP) is 1.87. The van der Waals surface area contributed by atoms with Crippen LogP contribution in [0.25, 0.3) is 0 Å². The third-order valence-electron chi connectivity index (χ3n) is 3.03. The van der Waals surface area contributed by atoms with E-state index < -0.39 is 11.5 Å². The second kappa shape index (κ2) is 6.00. The number of nitrogens with zero attached hydrogens (tertiary/aromatic N) is 2. The maximum atomic E-state index is 11.8. The van der Waals surface area contributed by atoms with E-state index in [-0.39, 0.29) is 22.9 Å². The standard InChI is InChI=1S/C14H19ClN4O3/c1-14(2,3)22-13(21)19-6-8(7-19)18-10-4-11(15)17-5-9(10)12(16)20/h4-5,8H,6-7H2,1-3H3,(H2,16,20)(H,17,18). The molecule has 1 aromatic heterocycles. The number of halogens is 1. The number of pyridine rings is 1. The molecule has 0 saturated carbocycles. The van der Waals surface area contributed by atoms with Crippen LogP contribution in [0.2, 0.25) is 5.15 Å². The van der Waals surface area contributed by atoms with E-state index in [1.165, 1.54) is 12.3 Å². The number of hydrogen-bond acceptors (Lipinski definition) is 5. The average Bonchev–Trinajstić information content (AvgIpc) is 2.30. The highest BCUT2D eigenvalue weighted by atomic mass is 35.5. The molecule has 1 aliphatic heterocycles. The Kier molecular flexibility index (Phi) is 4.46.